The van der Waals surface area contributed by atoms with Crippen LogP contribution in [0.3, 0.4) is 0 Å². The van der Waals surface area contributed by atoms with Gasteiger partial charge in [-0.1, -0.05) is 11.2 Å². The molecule has 0 unspecified atom stereocenters. The van der Waals surface area contributed by atoms with Gasteiger partial charge in [-0.25, -0.2) is 4.39 Å². The van der Waals surface area contributed by atoms with Gasteiger partial charge in [0.2, 0.25) is 5.88 Å². The summed E-state index contributed by atoms with van der Waals surface area (Å²) < 4.78 is 17.9. The summed E-state index contributed by atoms with van der Waals surface area (Å²) >= 11 is 0. The number of hydrogen-bond donors (Lipinski definition) is 1. The maximum atomic E-state index is 13.1. The SMILES string of the molecule is Cc1ccc(F)cc1-c1noc(N)c1C. The lowest BCUT2D eigenvalue weighted by Crippen LogP contribution is -1.89. The molecule has 0 bridgehead atoms. The molecule has 3 nitrogen and oxygen atoms in total. The van der Waals surface area contributed by atoms with Crippen LogP contribution in [-0.2, 0) is 0 Å². The maximum absolute atomic E-state index is 13.1. The summed E-state index contributed by atoms with van der Waals surface area (Å²) in [6.07, 6.45) is 0. The number of benzene rings is 1. The Balaban J connectivity index is 2.63. The molecule has 0 saturated carbocycles. The van der Waals surface area contributed by atoms with Gasteiger partial charge in [-0.15, -0.1) is 0 Å². The number of aryl methyl sites for hydroxylation is 1. The van der Waals surface area contributed by atoms with Crippen molar-refractivity contribution in [3.8, 4) is 11.3 Å². The highest BCUT2D eigenvalue weighted by molar-refractivity contribution is 5.69. The van der Waals surface area contributed by atoms with Crippen molar-refractivity contribution in [2.45, 2.75) is 13.8 Å². The molecule has 0 radical (unpaired) electrons. The molecule has 78 valence electrons. The van der Waals surface area contributed by atoms with Crippen LogP contribution in [0.5, 0.6) is 0 Å². The molecule has 0 atom stereocenters. The Morgan fingerprint density at radius 2 is 2.07 bits per heavy atom. The summed E-state index contributed by atoms with van der Waals surface area (Å²) in [7, 11) is 0. The van der Waals surface area contributed by atoms with E-state index < -0.39 is 0 Å². The number of aromatic nitrogens is 1. The fourth-order valence-corrected chi connectivity index (χ4v) is 1.45. The quantitative estimate of drug-likeness (QED) is 0.780. The summed E-state index contributed by atoms with van der Waals surface area (Å²) in [5, 5.41) is 3.82. The first-order valence-corrected chi connectivity index (χ1v) is 4.58. The zero-order valence-corrected chi connectivity index (χ0v) is 8.54. The Labute approximate surface area is 86.7 Å². The van der Waals surface area contributed by atoms with E-state index in [0.717, 1.165) is 11.1 Å². The number of rotatable bonds is 1. The van der Waals surface area contributed by atoms with E-state index >= 15 is 0 Å². The summed E-state index contributed by atoms with van der Waals surface area (Å²) in [4.78, 5) is 0. The van der Waals surface area contributed by atoms with Gasteiger partial charge in [-0.3, -0.25) is 0 Å². The van der Waals surface area contributed by atoms with Gasteiger partial charge in [0, 0.05) is 11.1 Å². The van der Waals surface area contributed by atoms with Crippen molar-refractivity contribution in [3.05, 3.63) is 35.1 Å². The first-order chi connectivity index (χ1) is 7.09. The highest BCUT2D eigenvalue weighted by Gasteiger charge is 2.13. The monoisotopic (exact) mass is 206 g/mol. The summed E-state index contributed by atoms with van der Waals surface area (Å²) in [5.41, 5.74) is 8.54. The Morgan fingerprint density at radius 3 is 2.67 bits per heavy atom. The average molecular weight is 206 g/mol. The van der Waals surface area contributed by atoms with Crippen LogP contribution in [0.2, 0.25) is 0 Å². The zero-order chi connectivity index (χ0) is 11.0. The molecule has 1 aromatic carbocycles. The fraction of sp³-hybridized carbons (Fsp3) is 0.182. The predicted octanol–water partition coefficient (Wildman–Crippen LogP) is 2.68. The van der Waals surface area contributed by atoms with Crippen molar-refractivity contribution in [3.63, 3.8) is 0 Å². The van der Waals surface area contributed by atoms with Gasteiger partial charge in [-0.2, -0.15) is 0 Å². The molecular formula is C11H11FN2O. The summed E-state index contributed by atoms with van der Waals surface area (Å²) in [6.45, 7) is 3.69. The molecule has 0 aliphatic rings. The smallest absolute Gasteiger partial charge is 0.225 e. The molecule has 2 rings (SSSR count). The lowest BCUT2D eigenvalue weighted by atomic mass is 10.0. The van der Waals surface area contributed by atoms with E-state index in [2.05, 4.69) is 5.16 Å². The normalized spacial score (nSPS) is 10.6. The van der Waals surface area contributed by atoms with Crippen molar-refractivity contribution in [1.29, 1.82) is 0 Å². The average Bonchev–Trinajstić information content (AvgIpc) is 2.52. The van der Waals surface area contributed by atoms with Gasteiger partial charge in [0.1, 0.15) is 11.5 Å². The lowest BCUT2D eigenvalue weighted by molar-refractivity contribution is 0.438. The molecule has 0 amide bonds. The van der Waals surface area contributed by atoms with Crippen LogP contribution in [0.4, 0.5) is 10.3 Å². The molecule has 2 N–H and O–H groups in total. The third-order valence-corrected chi connectivity index (χ3v) is 2.41. The van der Waals surface area contributed by atoms with Crippen LogP contribution in [0.1, 0.15) is 11.1 Å². The maximum Gasteiger partial charge on any atom is 0.225 e. The highest BCUT2D eigenvalue weighted by Crippen LogP contribution is 2.28. The number of hydrogen-bond acceptors (Lipinski definition) is 3. The van der Waals surface area contributed by atoms with E-state index in [4.69, 9.17) is 10.3 Å². The van der Waals surface area contributed by atoms with Crippen molar-refractivity contribution in [2.24, 2.45) is 0 Å². The van der Waals surface area contributed by atoms with E-state index in [9.17, 15) is 4.39 Å². The van der Waals surface area contributed by atoms with Crippen LogP contribution >= 0.6 is 0 Å². The number of nitrogens with two attached hydrogens (primary N) is 1. The van der Waals surface area contributed by atoms with Gasteiger partial charge in [0.15, 0.2) is 0 Å². The first-order valence-electron chi connectivity index (χ1n) is 4.58. The molecule has 0 saturated heterocycles. The second-order valence-corrected chi connectivity index (χ2v) is 3.48. The minimum Gasteiger partial charge on any atom is -0.367 e. The number of nitrogen functional groups attached to an aromatic ring is 1. The molecule has 1 aromatic heterocycles. The Bertz CT molecular complexity index is 505. The van der Waals surface area contributed by atoms with Gasteiger partial charge >= 0.3 is 0 Å². The second kappa shape index (κ2) is 3.38. The lowest BCUT2D eigenvalue weighted by Gasteiger charge is -2.02. The molecular weight excluding hydrogens is 195 g/mol. The molecule has 15 heavy (non-hydrogen) atoms. The van der Waals surface area contributed by atoms with Crippen molar-refractivity contribution < 1.29 is 8.91 Å². The first kappa shape index (κ1) is 9.71. The van der Waals surface area contributed by atoms with Crippen molar-refractivity contribution in [2.75, 3.05) is 5.73 Å². The van der Waals surface area contributed by atoms with Crippen molar-refractivity contribution in [1.82, 2.24) is 5.16 Å². The van der Waals surface area contributed by atoms with E-state index in [0.29, 0.717) is 11.3 Å². The minimum absolute atomic E-state index is 0.272. The highest BCUT2D eigenvalue weighted by atomic mass is 19.1. The van der Waals surface area contributed by atoms with E-state index in [1.54, 1.807) is 13.0 Å². The number of halogens is 1. The summed E-state index contributed by atoms with van der Waals surface area (Å²) in [5.74, 6) is -0.0229. The second-order valence-electron chi connectivity index (χ2n) is 3.48. The third kappa shape index (κ3) is 1.58. The van der Waals surface area contributed by atoms with Crippen LogP contribution < -0.4 is 5.73 Å². The molecule has 0 spiro atoms. The Morgan fingerprint density at radius 1 is 1.33 bits per heavy atom. The zero-order valence-electron chi connectivity index (χ0n) is 8.54. The van der Waals surface area contributed by atoms with Gasteiger partial charge < -0.3 is 10.3 Å². The summed E-state index contributed by atoms with van der Waals surface area (Å²) in [6, 6.07) is 4.55. The van der Waals surface area contributed by atoms with Crippen LogP contribution in [0, 0.1) is 19.7 Å². The van der Waals surface area contributed by atoms with E-state index in [1.807, 2.05) is 6.92 Å². The van der Waals surface area contributed by atoms with Gasteiger partial charge in [-0.05, 0) is 31.5 Å². The van der Waals surface area contributed by atoms with Gasteiger partial charge in [0.25, 0.3) is 0 Å². The molecule has 1 heterocycles. The van der Waals surface area contributed by atoms with Crippen LogP contribution in [0.25, 0.3) is 11.3 Å². The number of anilines is 1. The predicted molar refractivity (Wildman–Crippen MR) is 55.8 cm³/mol. The Hall–Kier alpha value is -1.84. The molecule has 0 aliphatic carbocycles. The number of nitrogens with zero attached hydrogens (tertiary/aromatic N) is 1. The topological polar surface area (TPSA) is 52.0 Å². The van der Waals surface area contributed by atoms with E-state index in [-0.39, 0.29) is 11.7 Å². The fourth-order valence-electron chi connectivity index (χ4n) is 1.45. The molecule has 2 aromatic rings. The van der Waals surface area contributed by atoms with Crippen molar-refractivity contribution >= 4 is 5.88 Å². The van der Waals surface area contributed by atoms with Gasteiger partial charge in [0.05, 0.1) is 0 Å². The van der Waals surface area contributed by atoms with Crippen LogP contribution in [-0.4, -0.2) is 5.16 Å². The van der Waals surface area contributed by atoms with Crippen LogP contribution in [0.15, 0.2) is 22.7 Å². The van der Waals surface area contributed by atoms with E-state index in [1.165, 1.54) is 12.1 Å². The standard InChI is InChI=1S/C11H11FN2O/c1-6-3-4-8(12)5-9(6)10-7(2)11(13)15-14-10/h3-5H,13H2,1-2H3. The molecule has 4 heteroatoms. The Kier molecular flexibility index (Phi) is 2.19. The minimum atomic E-state index is -0.295. The molecule has 0 aliphatic heterocycles. The molecule has 0 fully saturated rings. The third-order valence-electron chi connectivity index (χ3n) is 2.41. The largest absolute Gasteiger partial charge is 0.367 e.